The van der Waals surface area contributed by atoms with Crippen molar-refractivity contribution in [3.05, 3.63) is 54.2 Å². The van der Waals surface area contributed by atoms with Gasteiger partial charge in [-0.3, -0.25) is 14.9 Å². The average Bonchev–Trinajstić information content (AvgIpc) is 3.36. The molecule has 9 heteroatoms. The van der Waals surface area contributed by atoms with Gasteiger partial charge in [-0.1, -0.05) is 18.2 Å². The Morgan fingerprint density at radius 2 is 1.88 bits per heavy atom. The maximum atomic E-state index is 12.5. The number of ether oxygens (including phenoxy) is 2. The van der Waals surface area contributed by atoms with Crippen LogP contribution in [0.25, 0.3) is 10.9 Å². The molecule has 5 rings (SSSR count). The number of fused-ring (bicyclic) bond motifs is 1. The Morgan fingerprint density at radius 1 is 1.16 bits per heavy atom. The number of carbonyl (C=O) groups is 1. The van der Waals surface area contributed by atoms with Gasteiger partial charge in [0, 0.05) is 49.6 Å². The van der Waals surface area contributed by atoms with E-state index in [4.69, 9.17) is 19.1 Å². The highest BCUT2D eigenvalue weighted by molar-refractivity contribution is 5.90. The summed E-state index contributed by atoms with van der Waals surface area (Å²) >= 11 is 0. The van der Waals surface area contributed by atoms with Gasteiger partial charge in [0.05, 0.1) is 24.9 Å². The Morgan fingerprint density at radius 3 is 2.56 bits per heavy atom. The fraction of sp³-hybridized carbons (Fsp3) is 0.348. The summed E-state index contributed by atoms with van der Waals surface area (Å²) in [4.78, 5) is 32.8. The zero-order valence-electron chi connectivity index (χ0n) is 17.7. The topological polar surface area (TPSA) is 105 Å². The summed E-state index contributed by atoms with van der Waals surface area (Å²) in [5.74, 6) is 0.807. The molecule has 3 aromatic rings. The number of anilines is 1. The molecule has 2 aliphatic heterocycles. The number of methoxy groups -OCH3 is 1. The van der Waals surface area contributed by atoms with Crippen molar-refractivity contribution in [3.8, 4) is 5.75 Å². The second kappa shape index (κ2) is 9.21. The van der Waals surface area contributed by atoms with Gasteiger partial charge in [-0.25, -0.2) is 4.79 Å². The van der Waals surface area contributed by atoms with Crippen LogP contribution >= 0.6 is 0 Å². The Kier molecular flexibility index (Phi) is 6.20. The fourth-order valence-electron chi connectivity index (χ4n) is 4.33. The second-order valence-corrected chi connectivity index (χ2v) is 7.92. The van der Waals surface area contributed by atoms with Gasteiger partial charge in [0.25, 0.3) is 0 Å². The highest BCUT2D eigenvalue weighted by Gasteiger charge is 2.47. The van der Waals surface area contributed by atoms with E-state index in [1.165, 1.54) is 0 Å². The van der Waals surface area contributed by atoms with Crippen LogP contribution in [-0.2, 0) is 20.9 Å². The molecule has 2 saturated heterocycles. The molecule has 0 bridgehead atoms. The van der Waals surface area contributed by atoms with Crippen molar-refractivity contribution in [1.82, 2.24) is 15.1 Å². The molecule has 2 fully saturated rings. The molecule has 9 nitrogen and oxygen atoms in total. The van der Waals surface area contributed by atoms with Crippen LogP contribution in [0, 0.1) is 0 Å². The van der Waals surface area contributed by atoms with Gasteiger partial charge in [0.2, 0.25) is 0 Å². The van der Waals surface area contributed by atoms with Crippen LogP contribution in [0.3, 0.4) is 0 Å². The number of amides is 1. The number of aromatic amines is 1. The van der Waals surface area contributed by atoms with Crippen LogP contribution in [0.1, 0.15) is 18.5 Å². The lowest BCUT2D eigenvalue weighted by molar-refractivity contribution is -0.191. The third-order valence-electron chi connectivity index (χ3n) is 6.03. The Labute approximate surface area is 184 Å². The average molecular weight is 436 g/mol. The molecule has 2 aliphatic rings. The lowest BCUT2D eigenvalue weighted by atomic mass is 9.91. The molecule has 1 aromatic heterocycles. The lowest BCUT2D eigenvalue weighted by Gasteiger charge is -2.37. The van der Waals surface area contributed by atoms with Crippen molar-refractivity contribution in [2.75, 3.05) is 31.6 Å². The van der Waals surface area contributed by atoms with Crippen molar-refractivity contribution in [1.29, 1.82) is 0 Å². The molecule has 2 aromatic carbocycles. The number of para-hydroxylation sites is 1. The first-order valence-electron chi connectivity index (χ1n) is 10.4. The Bertz CT molecular complexity index is 1120. The van der Waals surface area contributed by atoms with Gasteiger partial charge in [0.1, 0.15) is 11.4 Å². The van der Waals surface area contributed by atoms with Gasteiger partial charge < -0.3 is 9.47 Å². The summed E-state index contributed by atoms with van der Waals surface area (Å²) < 4.78 is 11.1. The molecular weight excluding hydrogens is 412 g/mol. The SMILES string of the molecule is COc1ccc2c(CN3CCC4(CC3)CN(c3ccccc3)C(=O)O4)[nH]nc2c1.O=C=O. The van der Waals surface area contributed by atoms with Gasteiger partial charge in [-0.2, -0.15) is 14.7 Å². The van der Waals surface area contributed by atoms with E-state index < -0.39 is 0 Å². The number of H-pyrrole nitrogens is 1. The van der Waals surface area contributed by atoms with E-state index in [-0.39, 0.29) is 17.8 Å². The van der Waals surface area contributed by atoms with Crippen molar-refractivity contribution in [2.45, 2.75) is 25.0 Å². The number of aromatic nitrogens is 2. The molecule has 32 heavy (non-hydrogen) atoms. The number of rotatable bonds is 4. The molecule has 0 saturated carbocycles. The molecule has 166 valence electrons. The van der Waals surface area contributed by atoms with E-state index in [0.29, 0.717) is 6.54 Å². The number of piperidine rings is 1. The molecule has 1 spiro atoms. The predicted molar refractivity (Wildman–Crippen MR) is 115 cm³/mol. The summed E-state index contributed by atoms with van der Waals surface area (Å²) in [7, 11) is 1.66. The van der Waals surface area contributed by atoms with Crippen LogP contribution in [0.5, 0.6) is 5.75 Å². The van der Waals surface area contributed by atoms with Crippen molar-refractivity contribution in [2.24, 2.45) is 0 Å². The van der Waals surface area contributed by atoms with Crippen molar-refractivity contribution < 1.29 is 23.9 Å². The third-order valence-corrected chi connectivity index (χ3v) is 6.03. The quantitative estimate of drug-likeness (QED) is 0.670. The van der Waals surface area contributed by atoms with E-state index in [9.17, 15) is 4.79 Å². The molecule has 0 unspecified atom stereocenters. The summed E-state index contributed by atoms with van der Waals surface area (Å²) in [6, 6.07) is 15.7. The van der Waals surface area contributed by atoms with E-state index in [1.54, 1.807) is 12.0 Å². The van der Waals surface area contributed by atoms with Gasteiger partial charge >= 0.3 is 12.2 Å². The second-order valence-electron chi connectivity index (χ2n) is 7.92. The van der Waals surface area contributed by atoms with Gasteiger partial charge in [-0.15, -0.1) is 0 Å². The summed E-state index contributed by atoms with van der Waals surface area (Å²) in [5, 5.41) is 8.70. The highest BCUT2D eigenvalue weighted by atomic mass is 16.6. The van der Waals surface area contributed by atoms with Crippen LogP contribution in [0.4, 0.5) is 10.5 Å². The summed E-state index contributed by atoms with van der Waals surface area (Å²) in [5.41, 5.74) is 2.53. The number of likely N-dealkylation sites (tertiary alicyclic amines) is 1. The van der Waals surface area contributed by atoms with E-state index >= 15 is 0 Å². The number of hydrogen-bond donors (Lipinski definition) is 1. The normalized spacial score (nSPS) is 17.5. The van der Waals surface area contributed by atoms with Gasteiger partial charge in [-0.05, 0) is 24.3 Å². The highest BCUT2D eigenvalue weighted by Crippen LogP contribution is 2.36. The first-order valence-corrected chi connectivity index (χ1v) is 10.4. The first kappa shape index (κ1) is 21.5. The number of nitrogens with one attached hydrogen (secondary N) is 1. The molecular formula is C23H24N4O5. The Balaban J connectivity index is 0.000000775. The molecule has 0 radical (unpaired) electrons. The number of benzene rings is 2. The molecule has 0 aliphatic carbocycles. The molecule has 1 amide bonds. The minimum absolute atomic E-state index is 0.238. The fourth-order valence-corrected chi connectivity index (χ4v) is 4.33. The monoisotopic (exact) mass is 436 g/mol. The molecule has 0 atom stereocenters. The maximum absolute atomic E-state index is 12.5. The van der Waals surface area contributed by atoms with Crippen LogP contribution in [0.15, 0.2) is 48.5 Å². The zero-order valence-corrected chi connectivity index (χ0v) is 17.7. The zero-order chi connectivity index (χ0) is 22.6. The largest absolute Gasteiger partial charge is 0.497 e. The smallest absolute Gasteiger partial charge is 0.415 e. The minimum Gasteiger partial charge on any atom is -0.497 e. The van der Waals surface area contributed by atoms with Crippen LogP contribution in [0.2, 0.25) is 0 Å². The van der Waals surface area contributed by atoms with E-state index in [0.717, 1.165) is 60.5 Å². The standard InChI is InChI=1S/C22H24N4O3.CO2/c1-28-17-7-8-18-19(13-17)23-24-20(18)14-25-11-9-22(10-12-25)15-26(21(27)29-22)16-5-3-2-4-6-16;2-1-3/h2-8,13H,9-12,14-15H2,1H3,(H,23,24);. The number of carbonyl (C=O) groups excluding carboxylic acids is 3. The minimum atomic E-state index is -0.382. The summed E-state index contributed by atoms with van der Waals surface area (Å²) in [6.45, 7) is 3.19. The molecule has 3 heterocycles. The van der Waals surface area contributed by atoms with E-state index in [2.05, 4.69) is 21.2 Å². The van der Waals surface area contributed by atoms with Gasteiger partial charge in [0.15, 0.2) is 0 Å². The summed E-state index contributed by atoms with van der Waals surface area (Å²) in [6.07, 6.45) is 1.68. The molecule has 1 N–H and O–H groups in total. The maximum Gasteiger partial charge on any atom is 0.415 e. The van der Waals surface area contributed by atoms with Crippen LogP contribution < -0.4 is 9.64 Å². The number of hydrogen-bond acceptors (Lipinski definition) is 7. The first-order chi connectivity index (χ1) is 15.6. The number of nitrogens with zero attached hydrogens (tertiary/aromatic N) is 3. The van der Waals surface area contributed by atoms with E-state index in [1.807, 2.05) is 42.5 Å². The lowest BCUT2D eigenvalue weighted by Crippen LogP contribution is -2.46. The van der Waals surface area contributed by atoms with Crippen molar-refractivity contribution >= 4 is 28.8 Å². The predicted octanol–water partition coefficient (Wildman–Crippen LogP) is 2.98. The Hall–Kier alpha value is -3.68. The van der Waals surface area contributed by atoms with Crippen molar-refractivity contribution in [3.63, 3.8) is 0 Å². The van der Waals surface area contributed by atoms with Crippen LogP contribution in [-0.4, -0.2) is 59.7 Å². The third kappa shape index (κ3) is 4.34.